The molecule has 1 aliphatic rings. The van der Waals surface area contributed by atoms with Gasteiger partial charge in [-0.25, -0.2) is 9.37 Å². The van der Waals surface area contributed by atoms with Crippen LogP contribution < -0.4 is 15.8 Å². The summed E-state index contributed by atoms with van der Waals surface area (Å²) in [4.78, 5) is 4.24. The van der Waals surface area contributed by atoms with Gasteiger partial charge in [0.05, 0.1) is 30.6 Å². The summed E-state index contributed by atoms with van der Waals surface area (Å²) in [6, 6.07) is 4.58. The minimum absolute atomic E-state index is 0.0796. The maximum absolute atomic E-state index is 13.9. The van der Waals surface area contributed by atoms with Crippen molar-refractivity contribution in [3.8, 4) is 16.9 Å². The predicted molar refractivity (Wildman–Crippen MR) is 118 cm³/mol. The number of ether oxygens (including phenoxy) is 2. The molecule has 164 valence electrons. The lowest BCUT2D eigenvalue weighted by Crippen LogP contribution is -2.16. The number of nitrogens with one attached hydrogen (secondary N) is 1. The Bertz CT molecular complexity index is 1070. The fraction of sp³-hybridized carbons (Fsp3) is 0.333. The van der Waals surface area contributed by atoms with E-state index in [1.165, 1.54) is 12.1 Å². The molecule has 0 bridgehead atoms. The number of hydrogen-bond acceptors (Lipinski definition) is 6. The summed E-state index contributed by atoms with van der Waals surface area (Å²) in [5.74, 6) is -0.0208. The van der Waals surface area contributed by atoms with Crippen molar-refractivity contribution in [2.24, 2.45) is 0 Å². The molecular formula is C21H22Cl2FN5O2. The first-order valence-electron chi connectivity index (χ1n) is 9.82. The van der Waals surface area contributed by atoms with Gasteiger partial charge in [-0.2, -0.15) is 5.10 Å². The Labute approximate surface area is 189 Å². The summed E-state index contributed by atoms with van der Waals surface area (Å²) in [5, 5.41) is 7.91. The number of benzene rings is 1. The van der Waals surface area contributed by atoms with E-state index in [0.717, 1.165) is 24.1 Å². The largest absolute Gasteiger partial charge is 0.482 e. The molecule has 10 heteroatoms. The Morgan fingerprint density at radius 3 is 3.00 bits per heavy atom. The molecule has 1 fully saturated rings. The van der Waals surface area contributed by atoms with Crippen LogP contribution in [0.2, 0.25) is 10.0 Å². The molecule has 0 saturated carbocycles. The van der Waals surface area contributed by atoms with Crippen molar-refractivity contribution < 1.29 is 13.9 Å². The maximum atomic E-state index is 13.9. The Balaban J connectivity index is 1.57. The third kappa shape index (κ3) is 4.77. The number of pyridine rings is 1. The molecule has 3 N–H and O–H groups in total. The second-order valence-electron chi connectivity index (χ2n) is 7.29. The first-order chi connectivity index (χ1) is 14.9. The second-order valence-corrected chi connectivity index (χ2v) is 8.08. The van der Waals surface area contributed by atoms with Gasteiger partial charge in [0, 0.05) is 34.1 Å². The number of anilines is 1. The third-order valence-electron chi connectivity index (χ3n) is 5.15. The highest BCUT2D eigenvalue weighted by Gasteiger charge is 2.21. The second kappa shape index (κ2) is 9.40. The van der Waals surface area contributed by atoms with Crippen molar-refractivity contribution in [2.75, 3.05) is 25.6 Å². The first-order valence-corrected chi connectivity index (χ1v) is 10.6. The van der Waals surface area contributed by atoms with Gasteiger partial charge >= 0.3 is 0 Å². The molecule has 2 unspecified atom stereocenters. The summed E-state index contributed by atoms with van der Waals surface area (Å²) in [6.45, 7) is 3.72. The van der Waals surface area contributed by atoms with Crippen molar-refractivity contribution in [1.29, 1.82) is 0 Å². The van der Waals surface area contributed by atoms with Crippen LogP contribution in [0.4, 0.5) is 10.2 Å². The lowest BCUT2D eigenvalue weighted by atomic mass is 10.1. The highest BCUT2D eigenvalue weighted by Crippen LogP contribution is 2.37. The molecule has 4 rings (SSSR count). The molecule has 2 atom stereocenters. The highest BCUT2D eigenvalue weighted by molar-refractivity contribution is 6.36. The van der Waals surface area contributed by atoms with Crippen LogP contribution in [0.1, 0.15) is 31.1 Å². The molecule has 0 spiro atoms. The standard InChI is InChI=1S/C21H22Cl2FN5O2/c1-12(19-16(22)2-3-17(24)20(19)23)31-18-6-13(7-27-21(18)25)14-8-28-29(9-14)15-4-5-26-11-30-10-15/h2-3,6-9,12,15,26H,4-5,10-11H2,1H3,(H2,25,27). The molecule has 3 aromatic rings. The van der Waals surface area contributed by atoms with Gasteiger partial charge in [0.25, 0.3) is 0 Å². The Kier molecular flexibility index (Phi) is 6.62. The van der Waals surface area contributed by atoms with Crippen molar-refractivity contribution >= 4 is 29.0 Å². The number of halogens is 3. The van der Waals surface area contributed by atoms with Crippen LogP contribution in [-0.2, 0) is 4.74 Å². The van der Waals surface area contributed by atoms with Gasteiger partial charge in [-0.1, -0.05) is 23.2 Å². The summed E-state index contributed by atoms with van der Waals surface area (Å²) >= 11 is 12.3. The van der Waals surface area contributed by atoms with Crippen LogP contribution in [0.25, 0.3) is 11.1 Å². The van der Waals surface area contributed by atoms with E-state index in [-0.39, 0.29) is 16.9 Å². The van der Waals surface area contributed by atoms with E-state index in [4.69, 9.17) is 38.4 Å². The molecule has 7 nitrogen and oxygen atoms in total. The normalized spacial score (nSPS) is 17.9. The van der Waals surface area contributed by atoms with Gasteiger partial charge in [-0.3, -0.25) is 10.00 Å². The van der Waals surface area contributed by atoms with Crippen molar-refractivity contribution in [1.82, 2.24) is 20.1 Å². The van der Waals surface area contributed by atoms with E-state index in [0.29, 0.717) is 29.7 Å². The highest BCUT2D eigenvalue weighted by atomic mass is 35.5. The van der Waals surface area contributed by atoms with Crippen molar-refractivity contribution in [2.45, 2.75) is 25.5 Å². The zero-order valence-corrected chi connectivity index (χ0v) is 18.3. The van der Waals surface area contributed by atoms with Crippen LogP contribution >= 0.6 is 23.2 Å². The molecule has 3 heterocycles. The molecule has 1 aromatic carbocycles. The van der Waals surface area contributed by atoms with E-state index < -0.39 is 11.9 Å². The van der Waals surface area contributed by atoms with E-state index in [1.54, 1.807) is 25.4 Å². The lowest BCUT2D eigenvalue weighted by molar-refractivity contribution is 0.105. The van der Waals surface area contributed by atoms with Gasteiger partial charge in [0.1, 0.15) is 11.9 Å². The molecule has 0 aliphatic carbocycles. The number of nitrogens with zero attached hydrogens (tertiary/aromatic N) is 3. The molecule has 1 aliphatic heterocycles. The number of rotatable bonds is 5. The topological polar surface area (TPSA) is 87.2 Å². The SMILES string of the molecule is CC(Oc1cc(-c2cnn(C3CCNCOC3)c2)cnc1N)c1c(Cl)ccc(F)c1Cl. The van der Waals surface area contributed by atoms with Gasteiger partial charge in [0.2, 0.25) is 0 Å². The molecular weight excluding hydrogens is 444 g/mol. The fourth-order valence-corrected chi connectivity index (χ4v) is 4.14. The Hall–Kier alpha value is -2.39. The molecule has 0 radical (unpaired) electrons. The van der Waals surface area contributed by atoms with Crippen molar-refractivity contribution in [3.63, 3.8) is 0 Å². The third-order valence-corrected chi connectivity index (χ3v) is 5.86. The van der Waals surface area contributed by atoms with Gasteiger partial charge in [-0.15, -0.1) is 0 Å². The quantitative estimate of drug-likeness (QED) is 0.534. The van der Waals surface area contributed by atoms with Gasteiger partial charge < -0.3 is 15.2 Å². The van der Waals surface area contributed by atoms with Crippen LogP contribution in [0.15, 0.2) is 36.8 Å². The molecule has 1 saturated heterocycles. The zero-order valence-electron chi connectivity index (χ0n) is 16.8. The number of aromatic nitrogens is 3. The van der Waals surface area contributed by atoms with Crippen LogP contribution in [-0.4, -0.2) is 34.6 Å². The van der Waals surface area contributed by atoms with E-state index >= 15 is 0 Å². The van der Waals surface area contributed by atoms with E-state index in [1.807, 2.05) is 10.9 Å². The predicted octanol–water partition coefficient (Wildman–Crippen LogP) is 4.62. The lowest BCUT2D eigenvalue weighted by Gasteiger charge is -2.19. The number of nitrogens with two attached hydrogens (primary N) is 1. The average Bonchev–Trinajstić information content (AvgIpc) is 3.08. The molecule has 31 heavy (non-hydrogen) atoms. The minimum Gasteiger partial charge on any atom is -0.482 e. The summed E-state index contributed by atoms with van der Waals surface area (Å²) in [6.07, 6.45) is 5.64. The van der Waals surface area contributed by atoms with E-state index in [2.05, 4.69) is 15.4 Å². The maximum Gasteiger partial charge on any atom is 0.166 e. The van der Waals surface area contributed by atoms with Crippen LogP contribution in [0.5, 0.6) is 5.75 Å². The Morgan fingerprint density at radius 2 is 2.16 bits per heavy atom. The first kappa shape index (κ1) is 21.8. The number of nitrogen functional groups attached to an aromatic ring is 1. The zero-order chi connectivity index (χ0) is 22.0. The van der Waals surface area contributed by atoms with E-state index in [9.17, 15) is 4.39 Å². The number of hydrogen-bond donors (Lipinski definition) is 2. The smallest absolute Gasteiger partial charge is 0.166 e. The van der Waals surface area contributed by atoms with Crippen LogP contribution in [0, 0.1) is 5.82 Å². The van der Waals surface area contributed by atoms with Crippen molar-refractivity contribution in [3.05, 3.63) is 58.2 Å². The monoisotopic (exact) mass is 465 g/mol. The average molecular weight is 466 g/mol. The van der Waals surface area contributed by atoms with Gasteiger partial charge in [0.15, 0.2) is 11.6 Å². The molecule has 2 aromatic heterocycles. The minimum atomic E-state index is -0.645. The Morgan fingerprint density at radius 1 is 1.32 bits per heavy atom. The van der Waals surface area contributed by atoms with Gasteiger partial charge in [-0.05, 0) is 38.1 Å². The van der Waals surface area contributed by atoms with Crippen LogP contribution in [0.3, 0.4) is 0 Å². The summed E-state index contributed by atoms with van der Waals surface area (Å²) < 4.78 is 27.3. The molecule has 0 amide bonds. The summed E-state index contributed by atoms with van der Waals surface area (Å²) in [5.41, 5.74) is 8.02. The fourth-order valence-electron chi connectivity index (χ4n) is 3.46. The summed E-state index contributed by atoms with van der Waals surface area (Å²) in [7, 11) is 0.